The molecule has 0 aliphatic rings. The SMILES string of the molecule is CC(=O)C#CCNCC(=O)OCC(C)C. The van der Waals surface area contributed by atoms with Gasteiger partial charge in [-0.25, -0.2) is 0 Å². The van der Waals surface area contributed by atoms with Crippen molar-refractivity contribution in [2.75, 3.05) is 19.7 Å². The van der Waals surface area contributed by atoms with E-state index in [1.54, 1.807) is 0 Å². The van der Waals surface area contributed by atoms with Crippen LogP contribution in [0.4, 0.5) is 0 Å². The van der Waals surface area contributed by atoms with Crippen LogP contribution in [0.5, 0.6) is 0 Å². The number of ether oxygens (including phenoxy) is 1. The van der Waals surface area contributed by atoms with E-state index >= 15 is 0 Å². The molecule has 0 heterocycles. The molecule has 0 aromatic heterocycles. The van der Waals surface area contributed by atoms with Crippen LogP contribution in [-0.4, -0.2) is 31.4 Å². The summed E-state index contributed by atoms with van der Waals surface area (Å²) in [6.07, 6.45) is 0. The lowest BCUT2D eigenvalue weighted by Gasteiger charge is -2.06. The summed E-state index contributed by atoms with van der Waals surface area (Å²) in [5.41, 5.74) is 0. The molecule has 0 radical (unpaired) electrons. The molecule has 84 valence electrons. The standard InChI is InChI=1S/C11H17NO3/c1-9(2)8-15-11(14)7-12-6-4-5-10(3)13/h9,12H,6-8H2,1-3H3. The molecule has 0 aromatic carbocycles. The van der Waals surface area contributed by atoms with Crippen LogP contribution >= 0.6 is 0 Å². The third kappa shape index (κ3) is 10.6. The van der Waals surface area contributed by atoms with Gasteiger partial charge in [0.05, 0.1) is 19.7 Å². The van der Waals surface area contributed by atoms with Gasteiger partial charge >= 0.3 is 5.97 Å². The number of hydrogen-bond donors (Lipinski definition) is 1. The molecule has 0 aliphatic carbocycles. The Bertz CT molecular complexity index is 273. The van der Waals surface area contributed by atoms with Gasteiger partial charge in [0.1, 0.15) is 0 Å². The maximum atomic E-state index is 11.0. The summed E-state index contributed by atoms with van der Waals surface area (Å²) in [5, 5.41) is 2.76. The predicted molar refractivity (Wildman–Crippen MR) is 57.1 cm³/mol. The zero-order valence-electron chi connectivity index (χ0n) is 9.42. The van der Waals surface area contributed by atoms with E-state index in [9.17, 15) is 9.59 Å². The van der Waals surface area contributed by atoms with Gasteiger partial charge in [-0.3, -0.25) is 14.9 Å². The van der Waals surface area contributed by atoms with Crippen LogP contribution in [0.3, 0.4) is 0 Å². The lowest BCUT2D eigenvalue weighted by atomic mass is 10.2. The number of hydrogen-bond acceptors (Lipinski definition) is 4. The smallest absolute Gasteiger partial charge is 0.319 e. The Labute approximate surface area is 90.4 Å². The number of carbonyl (C=O) groups excluding carboxylic acids is 2. The number of nitrogens with one attached hydrogen (secondary N) is 1. The second-order valence-electron chi connectivity index (χ2n) is 3.54. The average Bonchev–Trinajstić information content (AvgIpc) is 2.13. The Kier molecular flexibility index (Phi) is 7.29. The van der Waals surface area contributed by atoms with Gasteiger partial charge in [-0.2, -0.15) is 0 Å². The third-order valence-electron chi connectivity index (χ3n) is 1.32. The minimum Gasteiger partial charge on any atom is -0.464 e. The van der Waals surface area contributed by atoms with Gasteiger partial charge in [0.25, 0.3) is 0 Å². The van der Waals surface area contributed by atoms with Crippen LogP contribution in [-0.2, 0) is 14.3 Å². The van der Waals surface area contributed by atoms with E-state index in [-0.39, 0.29) is 18.3 Å². The molecule has 0 rings (SSSR count). The molecule has 0 aliphatic heterocycles. The molecule has 0 atom stereocenters. The zero-order chi connectivity index (χ0) is 11.7. The summed E-state index contributed by atoms with van der Waals surface area (Å²) in [6, 6.07) is 0. The maximum Gasteiger partial charge on any atom is 0.319 e. The normalized spacial score (nSPS) is 9.33. The summed E-state index contributed by atoms with van der Waals surface area (Å²) in [5.74, 6) is 4.81. The van der Waals surface area contributed by atoms with Gasteiger partial charge in [-0.1, -0.05) is 19.8 Å². The molecule has 15 heavy (non-hydrogen) atoms. The summed E-state index contributed by atoms with van der Waals surface area (Å²) in [4.78, 5) is 21.5. The van der Waals surface area contributed by atoms with Crippen molar-refractivity contribution in [3.63, 3.8) is 0 Å². The first kappa shape index (κ1) is 13.7. The monoisotopic (exact) mass is 211 g/mol. The van der Waals surface area contributed by atoms with E-state index in [1.807, 2.05) is 13.8 Å². The van der Waals surface area contributed by atoms with E-state index in [4.69, 9.17) is 4.74 Å². The molecule has 0 spiro atoms. The Hall–Kier alpha value is -1.34. The first-order valence-electron chi connectivity index (χ1n) is 4.88. The molecule has 0 aromatic rings. The highest BCUT2D eigenvalue weighted by molar-refractivity contribution is 5.93. The molecule has 0 saturated carbocycles. The van der Waals surface area contributed by atoms with Gasteiger partial charge in [-0.05, 0) is 11.8 Å². The van der Waals surface area contributed by atoms with Crippen molar-refractivity contribution in [2.24, 2.45) is 5.92 Å². The molecule has 1 N–H and O–H groups in total. The van der Waals surface area contributed by atoms with E-state index in [2.05, 4.69) is 17.2 Å². The molecular formula is C11H17NO3. The highest BCUT2D eigenvalue weighted by atomic mass is 16.5. The van der Waals surface area contributed by atoms with Gasteiger partial charge < -0.3 is 4.74 Å². The van der Waals surface area contributed by atoms with Crippen LogP contribution in [0.2, 0.25) is 0 Å². The number of Topliss-reactive ketones (excluding diaryl/α,β-unsaturated/α-hetero) is 1. The van der Waals surface area contributed by atoms with Gasteiger partial charge in [0.2, 0.25) is 5.78 Å². The number of carbonyl (C=O) groups is 2. The highest BCUT2D eigenvalue weighted by Gasteiger charge is 2.02. The molecule has 0 unspecified atom stereocenters. The zero-order valence-corrected chi connectivity index (χ0v) is 9.42. The van der Waals surface area contributed by atoms with Crippen LogP contribution in [0.15, 0.2) is 0 Å². The van der Waals surface area contributed by atoms with Crippen molar-refractivity contribution < 1.29 is 14.3 Å². The Morgan fingerprint density at radius 3 is 2.60 bits per heavy atom. The quantitative estimate of drug-likeness (QED) is 0.309. The Morgan fingerprint density at radius 2 is 2.07 bits per heavy atom. The second-order valence-corrected chi connectivity index (χ2v) is 3.54. The molecule has 4 nitrogen and oxygen atoms in total. The molecule has 0 amide bonds. The van der Waals surface area contributed by atoms with Gasteiger partial charge in [0.15, 0.2) is 0 Å². The highest BCUT2D eigenvalue weighted by Crippen LogP contribution is 1.91. The fourth-order valence-electron chi connectivity index (χ4n) is 0.706. The summed E-state index contributed by atoms with van der Waals surface area (Å²) in [7, 11) is 0. The second kappa shape index (κ2) is 8.01. The van der Waals surface area contributed by atoms with E-state index < -0.39 is 0 Å². The molecular weight excluding hydrogens is 194 g/mol. The van der Waals surface area contributed by atoms with Crippen molar-refractivity contribution in [3.8, 4) is 11.8 Å². The van der Waals surface area contributed by atoms with Crippen LogP contribution in [0.1, 0.15) is 20.8 Å². The topological polar surface area (TPSA) is 55.4 Å². The summed E-state index contributed by atoms with van der Waals surface area (Å²) >= 11 is 0. The first-order valence-corrected chi connectivity index (χ1v) is 4.88. The van der Waals surface area contributed by atoms with Gasteiger partial charge in [0, 0.05) is 6.92 Å². The van der Waals surface area contributed by atoms with E-state index in [1.165, 1.54) is 6.92 Å². The number of ketones is 1. The van der Waals surface area contributed by atoms with Crippen molar-refractivity contribution in [1.82, 2.24) is 5.32 Å². The Morgan fingerprint density at radius 1 is 1.40 bits per heavy atom. The van der Waals surface area contributed by atoms with Crippen LogP contribution in [0.25, 0.3) is 0 Å². The lowest BCUT2D eigenvalue weighted by molar-refractivity contribution is -0.143. The van der Waals surface area contributed by atoms with Crippen molar-refractivity contribution in [1.29, 1.82) is 0 Å². The third-order valence-corrected chi connectivity index (χ3v) is 1.32. The minimum atomic E-state index is -0.298. The van der Waals surface area contributed by atoms with E-state index in [0.29, 0.717) is 19.1 Å². The molecule has 4 heteroatoms. The summed E-state index contributed by atoms with van der Waals surface area (Å²) in [6.45, 7) is 6.21. The maximum absolute atomic E-state index is 11.0. The number of esters is 1. The molecule has 0 bridgehead atoms. The lowest BCUT2D eigenvalue weighted by Crippen LogP contribution is -2.26. The predicted octanol–water partition coefficient (Wildman–Crippen LogP) is 0.368. The molecule has 0 fully saturated rings. The van der Waals surface area contributed by atoms with Crippen molar-refractivity contribution >= 4 is 11.8 Å². The average molecular weight is 211 g/mol. The first-order chi connectivity index (χ1) is 7.02. The fourth-order valence-corrected chi connectivity index (χ4v) is 0.706. The Balaban J connectivity index is 3.48. The van der Waals surface area contributed by atoms with E-state index in [0.717, 1.165) is 0 Å². The minimum absolute atomic E-state index is 0.124. The van der Waals surface area contributed by atoms with Gasteiger partial charge in [-0.15, -0.1) is 0 Å². The largest absolute Gasteiger partial charge is 0.464 e. The van der Waals surface area contributed by atoms with Crippen molar-refractivity contribution in [2.45, 2.75) is 20.8 Å². The fraction of sp³-hybridized carbons (Fsp3) is 0.636. The number of rotatable bonds is 5. The van der Waals surface area contributed by atoms with Crippen LogP contribution in [0, 0.1) is 17.8 Å². The summed E-state index contributed by atoms with van der Waals surface area (Å²) < 4.78 is 4.91. The molecule has 0 saturated heterocycles. The van der Waals surface area contributed by atoms with Crippen LogP contribution < -0.4 is 5.32 Å². The van der Waals surface area contributed by atoms with Crippen molar-refractivity contribution in [3.05, 3.63) is 0 Å².